The van der Waals surface area contributed by atoms with E-state index < -0.39 is 18.1 Å². The van der Waals surface area contributed by atoms with Crippen molar-refractivity contribution in [2.75, 3.05) is 6.61 Å². The lowest BCUT2D eigenvalue weighted by atomic mass is 9.88. The molecule has 0 spiro atoms. The molecular weight excluding hydrogens is 222 g/mol. The number of amides is 1. The van der Waals surface area contributed by atoms with Gasteiger partial charge in [-0.05, 0) is 18.3 Å². The fraction of sp³-hybridized carbons (Fsp3) is 0.833. The van der Waals surface area contributed by atoms with Gasteiger partial charge in [0, 0.05) is 0 Å². The molecule has 0 radical (unpaired) electrons. The second kappa shape index (κ2) is 7.14. The maximum Gasteiger partial charge on any atom is 0.407 e. The van der Waals surface area contributed by atoms with E-state index in [1.54, 1.807) is 0 Å². The van der Waals surface area contributed by atoms with Crippen LogP contribution in [-0.4, -0.2) is 29.8 Å². The maximum atomic E-state index is 11.3. The number of ether oxygens (including phenoxy) is 1. The van der Waals surface area contributed by atoms with Crippen molar-refractivity contribution in [1.29, 1.82) is 0 Å². The molecule has 5 nitrogen and oxygen atoms in total. The van der Waals surface area contributed by atoms with Crippen LogP contribution in [0.25, 0.3) is 0 Å². The molecule has 0 saturated carbocycles. The first-order valence-corrected chi connectivity index (χ1v) is 5.92. The molecule has 0 bridgehead atoms. The van der Waals surface area contributed by atoms with Gasteiger partial charge in [-0.15, -0.1) is 0 Å². The predicted molar refractivity (Wildman–Crippen MR) is 64.9 cm³/mol. The summed E-state index contributed by atoms with van der Waals surface area (Å²) in [6, 6.07) is -0.899. The molecule has 17 heavy (non-hydrogen) atoms. The molecule has 0 aromatic carbocycles. The van der Waals surface area contributed by atoms with Crippen molar-refractivity contribution in [3.8, 4) is 0 Å². The van der Waals surface area contributed by atoms with Gasteiger partial charge < -0.3 is 15.2 Å². The maximum absolute atomic E-state index is 11.3. The Morgan fingerprint density at radius 1 is 1.35 bits per heavy atom. The Morgan fingerprint density at radius 3 is 2.35 bits per heavy atom. The van der Waals surface area contributed by atoms with Gasteiger partial charge in [-0.25, -0.2) is 9.59 Å². The summed E-state index contributed by atoms with van der Waals surface area (Å²) in [5.74, 6) is -1.03. The third-order valence-corrected chi connectivity index (χ3v) is 2.14. The number of carbonyl (C=O) groups excluding carboxylic acids is 1. The second-order valence-corrected chi connectivity index (χ2v) is 5.29. The summed E-state index contributed by atoms with van der Waals surface area (Å²) in [7, 11) is 0. The zero-order chi connectivity index (χ0) is 13.5. The van der Waals surface area contributed by atoms with E-state index in [-0.39, 0.29) is 5.41 Å². The zero-order valence-electron chi connectivity index (χ0n) is 11.1. The molecule has 0 aromatic heterocycles. The zero-order valence-corrected chi connectivity index (χ0v) is 11.1. The first-order chi connectivity index (χ1) is 7.76. The van der Waals surface area contributed by atoms with Crippen LogP contribution in [0.2, 0.25) is 0 Å². The number of unbranched alkanes of at least 4 members (excludes halogenated alkanes) is 1. The summed E-state index contributed by atoms with van der Waals surface area (Å²) in [6.07, 6.45) is 1.42. The topological polar surface area (TPSA) is 75.6 Å². The minimum Gasteiger partial charge on any atom is -0.480 e. The molecule has 1 amide bonds. The van der Waals surface area contributed by atoms with Gasteiger partial charge in [0.15, 0.2) is 0 Å². The molecule has 0 rings (SSSR count). The minimum atomic E-state index is -1.03. The quantitative estimate of drug-likeness (QED) is 0.704. The standard InChI is InChI=1S/C12H23NO4/c1-5-6-7-17-11(16)13-9(10(14)15)8-12(2,3)4/h9H,5-8H2,1-4H3,(H,13,16)(H,14,15)/t9-/m0/s1. The number of carbonyl (C=O) groups is 2. The Bertz CT molecular complexity index is 258. The highest BCUT2D eigenvalue weighted by Crippen LogP contribution is 2.20. The van der Waals surface area contributed by atoms with E-state index in [2.05, 4.69) is 5.32 Å². The normalized spacial score (nSPS) is 12.9. The van der Waals surface area contributed by atoms with Crippen molar-refractivity contribution in [3.63, 3.8) is 0 Å². The highest BCUT2D eigenvalue weighted by molar-refractivity contribution is 5.79. The van der Waals surface area contributed by atoms with E-state index in [4.69, 9.17) is 9.84 Å². The van der Waals surface area contributed by atoms with E-state index in [9.17, 15) is 9.59 Å². The van der Waals surface area contributed by atoms with Crippen molar-refractivity contribution in [1.82, 2.24) is 5.32 Å². The van der Waals surface area contributed by atoms with E-state index in [0.717, 1.165) is 12.8 Å². The fourth-order valence-electron chi connectivity index (χ4n) is 1.31. The Kier molecular flexibility index (Phi) is 6.61. The van der Waals surface area contributed by atoms with Gasteiger partial charge in [0.2, 0.25) is 0 Å². The summed E-state index contributed by atoms with van der Waals surface area (Å²) < 4.78 is 4.86. The number of aliphatic carboxylic acids is 1. The number of hydrogen-bond acceptors (Lipinski definition) is 3. The van der Waals surface area contributed by atoms with Crippen molar-refractivity contribution < 1.29 is 19.4 Å². The first kappa shape index (κ1) is 15.7. The average molecular weight is 245 g/mol. The van der Waals surface area contributed by atoms with E-state index >= 15 is 0 Å². The molecule has 1 atom stereocenters. The van der Waals surface area contributed by atoms with Crippen LogP contribution >= 0.6 is 0 Å². The summed E-state index contributed by atoms with van der Waals surface area (Å²) >= 11 is 0. The monoisotopic (exact) mass is 245 g/mol. The molecule has 2 N–H and O–H groups in total. The summed E-state index contributed by atoms with van der Waals surface area (Å²) in [4.78, 5) is 22.3. The van der Waals surface area contributed by atoms with Crippen LogP contribution in [0.5, 0.6) is 0 Å². The second-order valence-electron chi connectivity index (χ2n) is 5.29. The Labute approximate surface area is 103 Å². The van der Waals surface area contributed by atoms with Crippen molar-refractivity contribution in [3.05, 3.63) is 0 Å². The molecule has 0 unspecified atom stereocenters. The number of hydrogen-bond donors (Lipinski definition) is 2. The summed E-state index contributed by atoms with van der Waals surface area (Å²) in [5.41, 5.74) is -0.167. The SMILES string of the molecule is CCCCOC(=O)N[C@@H](CC(C)(C)C)C(=O)O. The van der Waals surface area contributed by atoms with Crippen LogP contribution in [0.15, 0.2) is 0 Å². The lowest BCUT2D eigenvalue weighted by molar-refractivity contribution is -0.140. The minimum absolute atomic E-state index is 0.167. The molecule has 0 fully saturated rings. The van der Waals surface area contributed by atoms with E-state index in [1.165, 1.54) is 0 Å². The highest BCUT2D eigenvalue weighted by atomic mass is 16.5. The number of carboxylic acid groups (broad SMARTS) is 1. The number of nitrogens with one attached hydrogen (secondary N) is 1. The van der Waals surface area contributed by atoms with Crippen molar-refractivity contribution in [2.45, 2.75) is 53.0 Å². The first-order valence-electron chi connectivity index (χ1n) is 5.92. The fourth-order valence-corrected chi connectivity index (χ4v) is 1.31. The Balaban J connectivity index is 4.17. The molecule has 0 aliphatic carbocycles. The molecular formula is C12H23NO4. The smallest absolute Gasteiger partial charge is 0.407 e. The number of rotatable bonds is 6. The molecule has 0 heterocycles. The predicted octanol–water partition coefficient (Wildman–Crippen LogP) is 2.40. The van der Waals surface area contributed by atoms with Crippen molar-refractivity contribution >= 4 is 12.1 Å². The molecule has 5 heteroatoms. The average Bonchev–Trinajstić information content (AvgIpc) is 2.15. The van der Waals surface area contributed by atoms with Gasteiger partial charge in [0.05, 0.1) is 6.61 Å². The van der Waals surface area contributed by atoms with Crippen LogP contribution in [0.4, 0.5) is 4.79 Å². The third-order valence-electron chi connectivity index (χ3n) is 2.14. The van der Waals surface area contributed by atoms with Crippen LogP contribution in [-0.2, 0) is 9.53 Å². The van der Waals surface area contributed by atoms with Gasteiger partial charge in [-0.2, -0.15) is 0 Å². The molecule has 0 aromatic rings. The number of alkyl carbamates (subject to hydrolysis) is 1. The molecule has 0 aliphatic rings. The van der Waals surface area contributed by atoms with Crippen LogP contribution in [0.1, 0.15) is 47.0 Å². The van der Waals surface area contributed by atoms with E-state index in [1.807, 2.05) is 27.7 Å². The summed E-state index contributed by atoms with van der Waals surface area (Å²) in [5, 5.41) is 11.4. The molecule has 0 saturated heterocycles. The molecule has 100 valence electrons. The van der Waals surface area contributed by atoms with Crippen LogP contribution in [0, 0.1) is 5.41 Å². The van der Waals surface area contributed by atoms with Crippen molar-refractivity contribution in [2.24, 2.45) is 5.41 Å². The third kappa shape index (κ3) is 8.54. The van der Waals surface area contributed by atoms with Gasteiger partial charge in [0.1, 0.15) is 6.04 Å². The van der Waals surface area contributed by atoms with Gasteiger partial charge in [-0.1, -0.05) is 34.1 Å². The Hall–Kier alpha value is -1.26. The van der Waals surface area contributed by atoms with E-state index in [0.29, 0.717) is 13.0 Å². The lowest BCUT2D eigenvalue weighted by Crippen LogP contribution is -2.43. The number of carboxylic acids is 1. The van der Waals surface area contributed by atoms with Gasteiger partial charge >= 0.3 is 12.1 Å². The molecule has 0 aliphatic heterocycles. The highest BCUT2D eigenvalue weighted by Gasteiger charge is 2.26. The summed E-state index contributed by atoms with van der Waals surface area (Å²) in [6.45, 7) is 8.08. The van der Waals surface area contributed by atoms with Gasteiger partial charge in [-0.3, -0.25) is 0 Å². The Morgan fingerprint density at radius 2 is 1.94 bits per heavy atom. The van der Waals surface area contributed by atoms with Gasteiger partial charge in [0.25, 0.3) is 0 Å². The van der Waals surface area contributed by atoms with Crippen LogP contribution < -0.4 is 5.32 Å². The largest absolute Gasteiger partial charge is 0.480 e. The lowest BCUT2D eigenvalue weighted by Gasteiger charge is -2.23. The van der Waals surface area contributed by atoms with Crippen LogP contribution in [0.3, 0.4) is 0 Å².